The van der Waals surface area contributed by atoms with Gasteiger partial charge < -0.3 is 19.7 Å². The van der Waals surface area contributed by atoms with Crippen LogP contribution in [0, 0.1) is 10.4 Å². The smallest absolute Gasteiger partial charge is 0.0919 e. The van der Waals surface area contributed by atoms with Crippen molar-refractivity contribution in [2.75, 3.05) is 52.0 Å². The van der Waals surface area contributed by atoms with E-state index in [4.69, 9.17) is 23.2 Å². The highest BCUT2D eigenvalue weighted by Gasteiger charge is 2.09. The number of rotatable bonds is 14. The summed E-state index contributed by atoms with van der Waals surface area (Å²) in [6, 6.07) is 0. The SMILES string of the molecule is C[N+]([O-])(CCCl)CCCCCCCCC[N+](C)([O-])CCCl. The van der Waals surface area contributed by atoms with Gasteiger partial charge in [-0.3, -0.25) is 0 Å². The Kier molecular flexibility index (Phi) is 12.2. The minimum Gasteiger partial charge on any atom is -0.633 e. The zero-order valence-electron chi connectivity index (χ0n) is 13.7. The number of alkyl halides is 2. The quantitative estimate of drug-likeness (QED) is 0.206. The first-order valence-electron chi connectivity index (χ1n) is 8.06. The number of hydrogen-bond donors (Lipinski definition) is 0. The second-order valence-electron chi connectivity index (χ2n) is 6.34. The monoisotopic (exact) mass is 342 g/mol. The van der Waals surface area contributed by atoms with Crippen molar-refractivity contribution in [3.8, 4) is 0 Å². The molecule has 0 heterocycles. The molecule has 0 aliphatic rings. The maximum atomic E-state index is 11.8. The highest BCUT2D eigenvalue weighted by molar-refractivity contribution is 6.18. The molecule has 0 aromatic rings. The molecule has 0 radical (unpaired) electrons. The number of halogens is 2. The lowest BCUT2D eigenvalue weighted by Gasteiger charge is -2.38. The third-order valence-corrected chi connectivity index (χ3v) is 4.22. The van der Waals surface area contributed by atoms with Crippen LogP contribution in [-0.2, 0) is 0 Å². The Morgan fingerprint density at radius 1 is 0.571 bits per heavy atom. The Hall–Kier alpha value is 0.420. The number of unbranched alkanes of at least 4 members (excludes halogenated alkanes) is 6. The van der Waals surface area contributed by atoms with Crippen LogP contribution in [0.2, 0.25) is 0 Å². The van der Waals surface area contributed by atoms with E-state index in [-0.39, 0.29) is 9.29 Å². The summed E-state index contributed by atoms with van der Waals surface area (Å²) < 4.78 is -0.436. The summed E-state index contributed by atoms with van der Waals surface area (Å²) in [4.78, 5) is 0. The lowest BCUT2D eigenvalue weighted by Crippen LogP contribution is -2.40. The van der Waals surface area contributed by atoms with Crippen molar-refractivity contribution in [2.45, 2.75) is 44.9 Å². The van der Waals surface area contributed by atoms with Gasteiger partial charge in [0.15, 0.2) is 0 Å². The number of hydroxylamine groups is 6. The number of hydrogen-bond acceptors (Lipinski definition) is 2. The summed E-state index contributed by atoms with van der Waals surface area (Å²) >= 11 is 11.2. The Labute approximate surface area is 140 Å². The summed E-state index contributed by atoms with van der Waals surface area (Å²) in [5, 5.41) is 23.7. The molecule has 0 saturated heterocycles. The van der Waals surface area contributed by atoms with E-state index in [9.17, 15) is 10.4 Å². The van der Waals surface area contributed by atoms with Gasteiger partial charge >= 0.3 is 0 Å². The second-order valence-corrected chi connectivity index (χ2v) is 7.10. The molecule has 0 bridgehead atoms. The fourth-order valence-electron chi connectivity index (χ4n) is 2.36. The Morgan fingerprint density at radius 2 is 0.857 bits per heavy atom. The molecule has 2 unspecified atom stereocenters. The van der Waals surface area contributed by atoms with Gasteiger partial charge in [-0.25, -0.2) is 0 Å². The maximum Gasteiger partial charge on any atom is 0.0919 e. The molecule has 0 aromatic carbocycles. The van der Waals surface area contributed by atoms with E-state index in [2.05, 4.69) is 0 Å². The Morgan fingerprint density at radius 3 is 1.14 bits per heavy atom. The third-order valence-electron chi connectivity index (χ3n) is 3.88. The van der Waals surface area contributed by atoms with Crippen LogP contribution < -0.4 is 0 Å². The topological polar surface area (TPSA) is 46.1 Å². The standard InChI is InChI=1S/C15H32Cl2N2O2/c1-18(20,14-10-16)12-8-6-4-3-5-7-9-13-19(2,21)15-11-17/h3-15H2,1-2H3. The van der Waals surface area contributed by atoms with Crippen molar-refractivity contribution in [3.05, 3.63) is 10.4 Å². The Balaban J connectivity index is 3.37. The van der Waals surface area contributed by atoms with Crippen molar-refractivity contribution in [3.63, 3.8) is 0 Å². The van der Waals surface area contributed by atoms with Crippen LogP contribution >= 0.6 is 23.2 Å². The van der Waals surface area contributed by atoms with Crippen molar-refractivity contribution >= 4 is 23.2 Å². The molecule has 0 rings (SSSR count). The second kappa shape index (κ2) is 11.9. The van der Waals surface area contributed by atoms with Crippen LogP contribution in [0.4, 0.5) is 0 Å². The van der Waals surface area contributed by atoms with Crippen LogP contribution in [-0.4, -0.2) is 61.3 Å². The van der Waals surface area contributed by atoms with E-state index >= 15 is 0 Å². The van der Waals surface area contributed by atoms with Crippen LogP contribution in [0.25, 0.3) is 0 Å². The molecule has 0 fully saturated rings. The summed E-state index contributed by atoms with van der Waals surface area (Å²) in [7, 11) is 3.39. The largest absolute Gasteiger partial charge is 0.633 e. The van der Waals surface area contributed by atoms with Crippen LogP contribution in [0.15, 0.2) is 0 Å². The van der Waals surface area contributed by atoms with Gasteiger partial charge in [0.1, 0.15) is 0 Å². The molecule has 0 saturated carbocycles. The lowest BCUT2D eigenvalue weighted by molar-refractivity contribution is -0.858. The first-order valence-corrected chi connectivity index (χ1v) is 9.13. The third kappa shape index (κ3) is 13.8. The van der Waals surface area contributed by atoms with Gasteiger partial charge in [0.05, 0.1) is 52.0 Å². The van der Waals surface area contributed by atoms with Crippen molar-refractivity contribution in [1.82, 2.24) is 0 Å². The van der Waals surface area contributed by atoms with Crippen LogP contribution in [0.3, 0.4) is 0 Å². The molecule has 0 aliphatic heterocycles. The molecule has 21 heavy (non-hydrogen) atoms. The molecular weight excluding hydrogens is 311 g/mol. The summed E-state index contributed by atoms with van der Waals surface area (Å²) in [6.45, 7) is 2.32. The molecule has 6 heteroatoms. The zero-order valence-corrected chi connectivity index (χ0v) is 15.2. The minimum absolute atomic E-state index is 0.218. The predicted octanol–water partition coefficient (Wildman–Crippen LogP) is 4.08. The van der Waals surface area contributed by atoms with Crippen molar-refractivity contribution in [2.24, 2.45) is 0 Å². The van der Waals surface area contributed by atoms with Gasteiger partial charge in [-0.15, -0.1) is 23.2 Å². The van der Waals surface area contributed by atoms with Gasteiger partial charge in [-0.1, -0.05) is 19.3 Å². The highest BCUT2D eigenvalue weighted by atomic mass is 35.5. The fourth-order valence-corrected chi connectivity index (χ4v) is 3.07. The summed E-state index contributed by atoms with van der Waals surface area (Å²) in [5.74, 6) is 0.863. The molecule has 0 aliphatic carbocycles. The number of quaternary nitrogens is 2. The summed E-state index contributed by atoms with van der Waals surface area (Å²) in [5.41, 5.74) is 0. The fraction of sp³-hybridized carbons (Fsp3) is 1.00. The normalized spacial score (nSPS) is 17.4. The van der Waals surface area contributed by atoms with E-state index in [1.165, 1.54) is 19.3 Å². The van der Waals surface area contributed by atoms with Gasteiger partial charge in [0.25, 0.3) is 0 Å². The number of nitrogens with zero attached hydrogens (tertiary/aromatic N) is 2. The average Bonchev–Trinajstić information content (AvgIpc) is 2.36. The first kappa shape index (κ1) is 21.4. The van der Waals surface area contributed by atoms with E-state index < -0.39 is 0 Å². The van der Waals surface area contributed by atoms with E-state index in [1.807, 2.05) is 0 Å². The molecule has 0 aromatic heterocycles. The minimum atomic E-state index is -0.218. The molecule has 2 atom stereocenters. The van der Waals surface area contributed by atoms with Gasteiger partial charge in [0, 0.05) is 0 Å². The van der Waals surface area contributed by atoms with Gasteiger partial charge in [-0.05, 0) is 25.7 Å². The zero-order chi connectivity index (χ0) is 16.2. The van der Waals surface area contributed by atoms with Crippen molar-refractivity contribution < 1.29 is 9.29 Å². The van der Waals surface area contributed by atoms with Crippen LogP contribution in [0.5, 0.6) is 0 Å². The average molecular weight is 343 g/mol. The lowest BCUT2D eigenvalue weighted by atomic mass is 10.1. The maximum absolute atomic E-state index is 11.8. The Bertz CT molecular complexity index is 228. The van der Waals surface area contributed by atoms with Crippen LogP contribution in [0.1, 0.15) is 44.9 Å². The molecule has 0 N–H and O–H groups in total. The molecule has 0 amide bonds. The molecular formula is C15H32Cl2N2O2. The van der Waals surface area contributed by atoms with E-state index in [1.54, 1.807) is 14.1 Å². The van der Waals surface area contributed by atoms with E-state index in [0.717, 1.165) is 25.7 Å². The van der Waals surface area contributed by atoms with E-state index in [0.29, 0.717) is 37.9 Å². The first-order chi connectivity index (χ1) is 9.83. The summed E-state index contributed by atoms with van der Waals surface area (Å²) in [6.07, 6.45) is 7.71. The molecule has 4 nitrogen and oxygen atoms in total. The van der Waals surface area contributed by atoms with Gasteiger partial charge in [-0.2, -0.15) is 0 Å². The molecule has 128 valence electrons. The highest BCUT2D eigenvalue weighted by Crippen LogP contribution is 2.11. The molecule has 0 spiro atoms. The van der Waals surface area contributed by atoms with Gasteiger partial charge in [0.2, 0.25) is 0 Å². The predicted molar refractivity (Wildman–Crippen MR) is 92.3 cm³/mol. The van der Waals surface area contributed by atoms with Crippen molar-refractivity contribution in [1.29, 1.82) is 0 Å².